The van der Waals surface area contributed by atoms with Gasteiger partial charge in [-0.05, 0) is 44.2 Å². The molecule has 0 bridgehead atoms. The predicted octanol–water partition coefficient (Wildman–Crippen LogP) is 5.41. The first kappa shape index (κ1) is 22.9. The van der Waals surface area contributed by atoms with Crippen LogP contribution in [0.4, 0.5) is 24.8 Å². The van der Waals surface area contributed by atoms with Crippen molar-refractivity contribution >= 4 is 17.5 Å². The molecule has 2 heterocycles. The molecular weight excluding hydrogens is 395 g/mol. The first-order valence-corrected chi connectivity index (χ1v) is 9.47. The molecule has 0 spiro atoms. The minimum Gasteiger partial charge on any atom is -0.383 e. The molecule has 6 nitrogen and oxygen atoms in total. The van der Waals surface area contributed by atoms with Gasteiger partial charge in [0.2, 0.25) is 0 Å². The molecule has 160 valence electrons. The highest BCUT2D eigenvalue weighted by Crippen LogP contribution is 2.35. The molecule has 0 unspecified atom stereocenters. The summed E-state index contributed by atoms with van der Waals surface area (Å²) in [6.45, 7) is 7.43. The van der Waals surface area contributed by atoms with Gasteiger partial charge in [-0.3, -0.25) is 9.48 Å². The number of nitrogens with zero attached hydrogens (tertiary/aromatic N) is 3. The third-order valence-electron chi connectivity index (χ3n) is 3.99. The lowest BCUT2D eigenvalue weighted by Gasteiger charge is -2.13. The van der Waals surface area contributed by atoms with E-state index in [0.717, 1.165) is 6.07 Å². The number of carbonyl (C=O) groups excluding carboxylic acids is 1. The summed E-state index contributed by atoms with van der Waals surface area (Å²) in [6.07, 6.45) is -4.57. The van der Waals surface area contributed by atoms with Crippen LogP contribution in [0.1, 0.15) is 49.8 Å². The van der Waals surface area contributed by atoms with E-state index in [1.54, 1.807) is 44.2 Å². The first-order valence-electron chi connectivity index (χ1n) is 9.47. The lowest BCUT2D eigenvalue weighted by Crippen LogP contribution is -2.13. The molecule has 0 saturated heterocycles. The summed E-state index contributed by atoms with van der Waals surface area (Å²) in [5.74, 6) is -0.185. The largest absolute Gasteiger partial charge is 0.435 e. The molecule has 3 aromatic rings. The van der Waals surface area contributed by atoms with E-state index in [0.29, 0.717) is 11.1 Å². The van der Waals surface area contributed by atoms with Gasteiger partial charge in [-0.2, -0.15) is 18.3 Å². The molecule has 0 radical (unpaired) electrons. The molecule has 0 aliphatic rings. The molecule has 3 rings (SSSR count). The molecule has 0 aliphatic carbocycles. The molecule has 0 aliphatic heterocycles. The standard InChI is InChI=1S/C19H18F3N5O.C2H6/c1-11(2)27-14(10-15(26-27)19(20,21)22)13-8-9-16(24-17(13)23)25-18(28)12-6-4-3-5-7-12;1-2/h3-11H,1-2H3,(H3,23,24,25,28);1-2H3. The van der Waals surface area contributed by atoms with E-state index >= 15 is 0 Å². The van der Waals surface area contributed by atoms with Crippen molar-refractivity contribution in [3.05, 3.63) is 59.8 Å². The summed E-state index contributed by atoms with van der Waals surface area (Å²) in [6, 6.07) is 12.2. The summed E-state index contributed by atoms with van der Waals surface area (Å²) in [7, 11) is 0. The summed E-state index contributed by atoms with van der Waals surface area (Å²) < 4.78 is 40.4. The van der Waals surface area contributed by atoms with E-state index in [-0.39, 0.29) is 29.3 Å². The van der Waals surface area contributed by atoms with Crippen LogP contribution in [-0.2, 0) is 6.18 Å². The van der Waals surface area contributed by atoms with Gasteiger partial charge in [-0.1, -0.05) is 32.0 Å². The molecule has 0 atom stereocenters. The van der Waals surface area contributed by atoms with Crippen LogP contribution < -0.4 is 11.1 Å². The van der Waals surface area contributed by atoms with Gasteiger partial charge in [0.05, 0.1) is 5.69 Å². The normalized spacial score (nSPS) is 11.1. The second kappa shape index (κ2) is 9.43. The number of halogens is 3. The zero-order valence-electron chi connectivity index (χ0n) is 17.2. The number of anilines is 2. The van der Waals surface area contributed by atoms with Crippen molar-refractivity contribution in [2.75, 3.05) is 11.1 Å². The second-order valence-electron chi connectivity index (χ2n) is 6.40. The summed E-state index contributed by atoms with van der Waals surface area (Å²) in [5, 5.41) is 6.26. The Morgan fingerprint density at radius 1 is 1.10 bits per heavy atom. The number of rotatable bonds is 4. The van der Waals surface area contributed by atoms with Crippen LogP contribution in [-0.4, -0.2) is 20.7 Å². The van der Waals surface area contributed by atoms with Gasteiger partial charge in [-0.15, -0.1) is 0 Å². The smallest absolute Gasteiger partial charge is 0.383 e. The Balaban J connectivity index is 0.00000155. The maximum absolute atomic E-state index is 13.1. The van der Waals surface area contributed by atoms with Crippen LogP contribution >= 0.6 is 0 Å². The topological polar surface area (TPSA) is 85.8 Å². The van der Waals surface area contributed by atoms with Crippen LogP contribution in [0.15, 0.2) is 48.5 Å². The number of benzene rings is 1. The minimum atomic E-state index is -4.57. The third kappa shape index (κ3) is 5.16. The van der Waals surface area contributed by atoms with Gasteiger partial charge in [0.25, 0.3) is 5.91 Å². The lowest BCUT2D eigenvalue weighted by atomic mass is 10.1. The van der Waals surface area contributed by atoms with Crippen molar-refractivity contribution < 1.29 is 18.0 Å². The molecule has 30 heavy (non-hydrogen) atoms. The van der Waals surface area contributed by atoms with E-state index in [9.17, 15) is 18.0 Å². The van der Waals surface area contributed by atoms with Crippen molar-refractivity contribution in [2.45, 2.75) is 39.9 Å². The number of carbonyl (C=O) groups is 1. The number of aromatic nitrogens is 3. The molecule has 0 saturated carbocycles. The Kier molecular flexibility index (Phi) is 7.20. The molecule has 0 fully saturated rings. The highest BCUT2D eigenvalue weighted by atomic mass is 19.4. The zero-order chi connectivity index (χ0) is 22.5. The van der Waals surface area contributed by atoms with Crippen molar-refractivity contribution in [2.24, 2.45) is 0 Å². The second-order valence-corrected chi connectivity index (χ2v) is 6.40. The molecule has 1 amide bonds. The van der Waals surface area contributed by atoms with Gasteiger partial charge in [0, 0.05) is 17.2 Å². The van der Waals surface area contributed by atoms with Crippen molar-refractivity contribution in [1.29, 1.82) is 0 Å². The van der Waals surface area contributed by atoms with Crippen molar-refractivity contribution in [3.63, 3.8) is 0 Å². The Hall–Kier alpha value is -3.36. The van der Waals surface area contributed by atoms with Gasteiger partial charge in [0.1, 0.15) is 11.6 Å². The van der Waals surface area contributed by atoms with Crippen molar-refractivity contribution in [3.8, 4) is 11.3 Å². The van der Waals surface area contributed by atoms with Gasteiger partial charge in [0.15, 0.2) is 5.69 Å². The number of nitrogens with one attached hydrogen (secondary N) is 1. The summed E-state index contributed by atoms with van der Waals surface area (Å²) in [5.41, 5.74) is 5.91. The van der Waals surface area contributed by atoms with Crippen LogP contribution in [0.2, 0.25) is 0 Å². The highest BCUT2D eigenvalue weighted by molar-refractivity contribution is 6.03. The molecule has 2 aromatic heterocycles. The number of nitrogen functional groups attached to an aromatic ring is 1. The fourth-order valence-corrected chi connectivity index (χ4v) is 2.67. The molecule has 3 N–H and O–H groups in total. The number of nitrogens with two attached hydrogens (primary N) is 1. The van der Waals surface area contributed by atoms with Crippen LogP contribution in [0.5, 0.6) is 0 Å². The Morgan fingerprint density at radius 2 is 1.73 bits per heavy atom. The minimum absolute atomic E-state index is 0.0126. The number of amides is 1. The van der Waals surface area contributed by atoms with Crippen molar-refractivity contribution in [1.82, 2.24) is 14.8 Å². The average molecular weight is 419 g/mol. The maximum atomic E-state index is 13.1. The van der Waals surface area contributed by atoms with Crippen LogP contribution in [0.25, 0.3) is 11.3 Å². The van der Waals surface area contributed by atoms with E-state index in [2.05, 4.69) is 15.4 Å². The lowest BCUT2D eigenvalue weighted by molar-refractivity contribution is -0.141. The van der Waals surface area contributed by atoms with E-state index < -0.39 is 11.9 Å². The molecule has 9 heteroatoms. The average Bonchev–Trinajstić information content (AvgIpc) is 3.16. The summed E-state index contributed by atoms with van der Waals surface area (Å²) >= 11 is 0. The SMILES string of the molecule is CC.CC(C)n1nc(C(F)(F)F)cc1-c1ccc(NC(=O)c2ccccc2)nc1N. The first-order chi connectivity index (χ1) is 14.2. The monoisotopic (exact) mass is 419 g/mol. The van der Waals surface area contributed by atoms with E-state index in [4.69, 9.17) is 5.73 Å². The number of alkyl halides is 3. The number of hydrogen-bond acceptors (Lipinski definition) is 4. The van der Waals surface area contributed by atoms with E-state index in [1.807, 2.05) is 13.8 Å². The van der Waals surface area contributed by atoms with Crippen LogP contribution in [0, 0.1) is 0 Å². The Bertz CT molecular complexity index is 998. The molecule has 1 aromatic carbocycles. The summed E-state index contributed by atoms with van der Waals surface area (Å²) in [4.78, 5) is 16.3. The van der Waals surface area contributed by atoms with Gasteiger partial charge >= 0.3 is 6.18 Å². The zero-order valence-corrected chi connectivity index (χ0v) is 17.2. The Labute approximate surface area is 172 Å². The fourth-order valence-electron chi connectivity index (χ4n) is 2.67. The number of hydrogen-bond donors (Lipinski definition) is 2. The fraction of sp³-hybridized carbons (Fsp3) is 0.286. The van der Waals surface area contributed by atoms with E-state index in [1.165, 1.54) is 16.8 Å². The highest BCUT2D eigenvalue weighted by Gasteiger charge is 2.35. The third-order valence-corrected chi connectivity index (χ3v) is 3.99. The van der Waals surface area contributed by atoms with Crippen LogP contribution in [0.3, 0.4) is 0 Å². The molecular formula is C21H24F3N5O. The quantitative estimate of drug-likeness (QED) is 0.592. The number of pyridine rings is 1. The predicted molar refractivity (Wildman–Crippen MR) is 111 cm³/mol. The maximum Gasteiger partial charge on any atom is 0.435 e. The van der Waals surface area contributed by atoms with Gasteiger partial charge in [-0.25, -0.2) is 4.98 Å². The Morgan fingerprint density at radius 3 is 2.27 bits per heavy atom. The van der Waals surface area contributed by atoms with Gasteiger partial charge < -0.3 is 11.1 Å².